The number of ether oxygens (including phenoxy) is 1. The number of carbonyl (C=O) groups excluding carboxylic acids is 1. The molecule has 0 unspecified atom stereocenters. The quantitative estimate of drug-likeness (QED) is 0.234. The van der Waals surface area contributed by atoms with Crippen LogP contribution in [0.15, 0.2) is 78.9 Å². The van der Waals surface area contributed by atoms with Gasteiger partial charge in [0, 0.05) is 17.7 Å². The fraction of sp³-hybridized carbons (Fsp3) is 0.424. The van der Waals surface area contributed by atoms with Crippen LogP contribution in [0.1, 0.15) is 87.8 Å². The third kappa shape index (κ3) is 6.19. The molecule has 0 atom stereocenters. The summed E-state index contributed by atoms with van der Waals surface area (Å²) in [5.74, 6) is 1.68. The first kappa shape index (κ1) is 26.0. The van der Waals surface area contributed by atoms with E-state index < -0.39 is 5.41 Å². The second-order valence-corrected chi connectivity index (χ2v) is 10.1. The van der Waals surface area contributed by atoms with Gasteiger partial charge in [0.05, 0.1) is 0 Å². The lowest BCUT2D eigenvalue weighted by Gasteiger charge is -2.39. The van der Waals surface area contributed by atoms with E-state index in [1.165, 1.54) is 50.5 Å². The van der Waals surface area contributed by atoms with E-state index in [1.54, 1.807) is 0 Å². The number of aryl methyl sites for hydroxylation is 1. The van der Waals surface area contributed by atoms with Crippen molar-refractivity contribution >= 4 is 5.91 Å². The highest BCUT2D eigenvalue weighted by Crippen LogP contribution is 2.50. The van der Waals surface area contributed by atoms with Crippen LogP contribution in [0.5, 0.6) is 11.5 Å². The lowest BCUT2D eigenvalue weighted by Crippen LogP contribution is -2.47. The van der Waals surface area contributed by atoms with Gasteiger partial charge in [-0.05, 0) is 43.4 Å². The number of rotatable bonds is 14. The van der Waals surface area contributed by atoms with Crippen molar-refractivity contribution < 1.29 is 9.53 Å². The topological polar surface area (TPSA) is 38.3 Å². The van der Waals surface area contributed by atoms with Crippen LogP contribution < -0.4 is 10.1 Å². The molecule has 0 fully saturated rings. The minimum absolute atomic E-state index is 0.0988. The Kier molecular flexibility index (Phi) is 9.61. The van der Waals surface area contributed by atoms with Crippen molar-refractivity contribution in [3.63, 3.8) is 0 Å². The highest BCUT2D eigenvalue weighted by molar-refractivity contribution is 5.94. The average Bonchev–Trinajstić information content (AvgIpc) is 2.92. The van der Waals surface area contributed by atoms with Crippen molar-refractivity contribution in [2.24, 2.45) is 0 Å². The summed E-state index contributed by atoms with van der Waals surface area (Å²) in [6, 6.07) is 26.7. The minimum Gasteiger partial charge on any atom is -0.457 e. The molecule has 1 aliphatic rings. The van der Waals surface area contributed by atoms with Gasteiger partial charge < -0.3 is 10.1 Å². The average molecular weight is 484 g/mol. The summed E-state index contributed by atoms with van der Waals surface area (Å²) < 4.78 is 6.27. The zero-order chi connectivity index (χ0) is 25.1. The van der Waals surface area contributed by atoms with Crippen LogP contribution in [-0.2, 0) is 16.6 Å². The van der Waals surface area contributed by atoms with E-state index in [-0.39, 0.29) is 5.91 Å². The number of para-hydroxylation sites is 2. The van der Waals surface area contributed by atoms with Gasteiger partial charge in [0.25, 0.3) is 0 Å². The molecule has 1 N–H and O–H groups in total. The fourth-order valence-electron chi connectivity index (χ4n) is 5.52. The normalized spacial score (nSPS) is 13.4. The van der Waals surface area contributed by atoms with Gasteiger partial charge in [-0.1, -0.05) is 119 Å². The molecule has 36 heavy (non-hydrogen) atoms. The molecule has 0 aliphatic carbocycles. The van der Waals surface area contributed by atoms with Gasteiger partial charge in [0.2, 0.25) is 5.91 Å². The fourth-order valence-corrected chi connectivity index (χ4v) is 5.52. The molecule has 3 aromatic carbocycles. The summed E-state index contributed by atoms with van der Waals surface area (Å²) >= 11 is 0. The lowest BCUT2D eigenvalue weighted by atomic mass is 9.68. The van der Waals surface area contributed by atoms with Crippen molar-refractivity contribution in [3.8, 4) is 11.5 Å². The summed E-state index contributed by atoms with van der Waals surface area (Å²) in [4.78, 5) is 14.1. The third-order valence-corrected chi connectivity index (χ3v) is 7.48. The molecular weight excluding hydrogens is 442 g/mol. The van der Waals surface area contributed by atoms with E-state index in [1.807, 2.05) is 36.4 Å². The lowest BCUT2D eigenvalue weighted by molar-refractivity contribution is -0.125. The number of carbonyl (C=O) groups is 1. The molecular formula is C33H41NO2. The molecule has 0 saturated carbocycles. The van der Waals surface area contributed by atoms with E-state index >= 15 is 0 Å². The monoisotopic (exact) mass is 483 g/mol. The molecule has 3 heteroatoms. The molecule has 0 bridgehead atoms. The van der Waals surface area contributed by atoms with Crippen LogP contribution in [0.2, 0.25) is 0 Å². The Bertz CT molecular complexity index is 1050. The molecule has 1 amide bonds. The molecule has 190 valence electrons. The molecule has 0 radical (unpaired) electrons. The van der Waals surface area contributed by atoms with Crippen LogP contribution in [0.3, 0.4) is 0 Å². The maximum absolute atomic E-state index is 14.1. The number of hydrogen-bond acceptors (Lipinski definition) is 2. The first-order valence-corrected chi connectivity index (χ1v) is 13.9. The Morgan fingerprint density at radius 2 is 1.25 bits per heavy atom. The zero-order valence-electron chi connectivity index (χ0n) is 21.8. The zero-order valence-corrected chi connectivity index (χ0v) is 21.8. The van der Waals surface area contributed by atoms with Crippen molar-refractivity contribution in [2.45, 2.75) is 83.0 Å². The highest BCUT2D eigenvalue weighted by Gasteiger charge is 2.47. The second kappa shape index (κ2) is 13.3. The summed E-state index contributed by atoms with van der Waals surface area (Å²) in [5, 5.41) is 3.34. The standard InChI is InChI=1S/C33H41NO2/c1-2-3-4-5-6-7-8-16-26-34-32(35)33(25-17-20-27-18-10-9-11-19-27)28-21-12-14-23-30(28)36-31-24-15-13-22-29(31)33/h9-15,18-19,21-24H,2-8,16-17,20,25-26H2,1H3,(H,34,35). The molecule has 4 rings (SSSR count). The Morgan fingerprint density at radius 3 is 1.89 bits per heavy atom. The molecule has 0 spiro atoms. The smallest absolute Gasteiger partial charge is 0.235 e. The first-order chi connectivity index (χ1) is 17.8. The summed E-state index contributed by atoms with van der Waals surface area (Å²) in [7, 11) is 0. The van der Waals surface area contributed by atoms with Crippen molar-refractivity contribution in [2.75, 3.05) is 6.54 Å². The van der Waals surface area contributed by atoms with Gasteiger partial charge in [0.1, 0.15) is 16.9 Å². The van der Waals surface area contributed by atoms with Gasteiger partial charge in [-0.25, -0.2) is 0 Å². The van der Waals surface area contributed by atoms with Crippen LogP contribution in [-0.4, -0.2) is 12.5 Å². The van der Waals surface area contributed by atoms with Crippen LogP contribution in [0.25, 0.3) is 0 Å². The number of benzene rings is 3. The maximum Gasteiger partial charge on any atom is 0.235 e. The third-order valence-electron chi connectivity index (χ3n) is 7.48. The summed E-state index contributed by atoms with van der Waals surface area (Å²) in [6.07, 6.45) is 12.7. The van der Waals surface area contributed by atoms with Gasteiger partial charge in [-0.15, -0.1) is 0 Å². The Balaban J connectivity index is 1.49. The largest absolute Gasteiger partial charge is 0.457 e. The van der Waals surface area contributed by atoms with Crippen LogP contribution in [0, 0.1) is 0 Å². The predicted octanol–water partition coefficient (Wildman–Crippen LogP) is 8.36. The summed E-state index contributed by atoms with van der Waals surface area (Å²) in [5.41, 5.74) is 2.51. The number of amides is 1. The van der Waals surface area contributed by atoms with E-state index in [9.17, 15) is 4.79 Å². The highest BCUT2D eigenvalue weighted by atomic mass is 16.5. The van der Waals surface area contributed by atoms with Gasteiger partial charge >= 0.3 is 0 Å². The van der Waals surface area contributed by atoms with E-state index in [2.05, 4.69) is 54.7 Å². The number of hydrogen-bond donors (Lipinski definition) is 1. The second-order valence-electron chi connectivity index (χ2n) is 10.1. The van der Waals surface area contributed by atoms with Crippen molar-refractivity contribution in [1.29, 1.82) is 0 Å². The molecule has 1 heterocycles. The SMILES string of the molecule is CCCCCCCCCCNC(=O)C1(CCCc2ccccc2)c2ccccc2Oc2ccccc21. The number of fused-ring (bicyclic) bond motifs is 2. The van der Waals surface area contributed by atoms with Gasteiger partial charge in [0.15, 0.2) is 0 Å². The number of unbranched alkanes of at least 4 members (excludes halogenated alkanes) is 7. The first-order valence-electron chi connectivity index (χ1n) is 13.9. The van der Waals surface area contributed by atoms with E-state index in [4.69, 9.17) is 4.74 Å². The predicted molar refractivity (Wildman–Crippen MR) is 149 cm³/mol. The molecule has 3 nitrogen and oxygen atoms in total. The Labute approximate surface area is 217 Å². The van der Waals surface area contributed by atoms with E-state index in [0.29, 0.717) is 0 Å². The van der Waals surface area contributed by atoms with E-state index in [0.717, 1.165) is 54.9 Å². The van der Waals surface area contributed by atoms with Crippen LogP contribution >= 0.6 is 0 Å². The minimum atomic E-state index is -0.750. The van der Waals surface area contributed by atoms with Crippen molar-refractivity contribution in [1.82, 2.24) is 5.32 Å². The maximum atomic E-state index is 14.1. The molecule has 0 aromatic heterocycles. The van der Waals surface area contributed by atoms with Crippen molar-refractivity contribution in [3.05, 3.63) is 95.6 Å². The summed E-state index contributed by atoms with van der Waals surface area (Å²) in [6.45, 7) is 2.98. The molecule has 0 saturated heterocycles. The number of nitrogens with one attached hydrogen (secondary N) is 1. The van der Waals surface area contributed by atoms with Gasteiger partial charge in [-0.2, -0.15) is 0 Å². The Hall–Kier alpha value is -3.07. The van der Waals surface area contributed by atoms with Crippen LogP contribution in [0.4, 0.5) is 0 Å². The molecule has 1 aliphatic heterocycles. The Morgan fingerprint density at radius 1 is 0.694 bits per heavy atom. The molecule has 3 aromatic rings. The van der Waals surface area contributed by atoms with Gasteiger partial charge in [-0.3, -0.25) is 4.79 Å².